The van der Waals surface area contributed by atoms with E-state index in [0.717, 1.165) is 13.1 Å². The first-order valence-electron chi connectivity index (χ1n) is 6.67. The van der Waals surface area contributed by atoms with Crippen LogP contribution >= 0.6 is 0 Å². The van der Waals surface area contributed by atoms with Gasteiger partial charge in [0, 0.05) is 94.5 Å². The first-order chi connectivity index (χ1) is 7.89. The van der Waals surface area contributed by atoms with Crippen LogP contribution in [0.4, 0.5) is 0 Å². The van der Waals surface area contributed by atoms with Gasteiger partial charge in [0.2, 0.25) is 0 Å². The molecule has 2 nitrogen and oxygen atoms in total. The molecule has 0 rings (SSSR count). The van der Waals surface area contributed by atoms with Crippen molar-refractivity contribution in [2.45, 2.75) is 43.6 Å². The fourth-order valence-corrected chi connectivity index (χ4v) is 10.0. The Kier molecular flexibility index (Phi) is 35.5. The van der Waals surface area contributed by atoms with Crippen LogP contribution in [0.25, 0.3) is 0 Å². The first kappa shape index (κ1) is 35.3. The minimum Gasteiger partial charge on any atom is -0.611 e. The molecule has 0 heterocycles. The Balaban J connectivity index is -0.000000213. The molecule has 0 aliphatic heterocycles. The molecule has 0 aromatic rings. The van der Waals surface area contributed by atoms with E-state index >= 15 is 0 Å². The molecule has 8 heteroatoms. The third-order valence-electron chi connectivity index (χ3n) is 3.36. The number of hydrogen-bond donors (Lipinski definition) is 0. The fraction of sp³-hybridized carbons (Fsp3) is 0.692. The van der Waals surface area contributed by atoms with Gasteiger partial charge in [-0.15, -0.1) is 0 Å². The van der Waals surface area contributed by atoms with E-state index in [1.54, 1.807) is 0 Å². The van der Waals surface area contributed by atoms with Crippen molar-refractivity contribution in [3.63, 3.8) is 0 Å². The van der Waals surface area contributed by atoms with Crippen LogP contribution in [-0.4, -0.2) is 41.2 Å². The monoisotopic (exact) mass is 1010 g/mol. The van der Waals surface area contributed by atoms with E-state index in [-0.39, 0.29) is 84.3 Å². The molecule has 0 aromatic carbocycles. The molecule has 0 bridgehead atoms. The van der Waals surface area contributed by atoms with Gasteiger partial charge in [0.15, 0.2) is 0 Å². The van der Waals surface area contributed by atoms with Crippen molar-refractivity contribution in [1.82, 2.24) is 9.80 Å². The summed E-state index contributed by atoms with van der Waals surface area (Å²) in [6, 6.07) is 5.80. The predicted molar refractivity (Wildman–Crippen MR) is 84.9 cm³/mol. The summed E-state index contributed by atoms with van der Waals surface area (Å²) < 4.78 is 0. The fourth-order valence-electron chi connectivity index (χ4n) is 2.44. The average molecular weight is 1010 g/mol. The standard InChI is InChI=1S/C13H30N2Si2.4W/c1-14(2)8-6-11-17(5,13-10-16)12-7-9-15(3)4;;;;/h1-4,6-13H2,5,16H3;;;;/q-4;;;;. The van der Waals surface area contributed by atoms with Crippen LogP contribution < -0.4 is 0 Å². The van der Waals surface area contributed by atoms with Gasteiger partial charge in [-0.3, -0.25) is 0 Å². The van der Waals surface area contributed by atoms with Gasteiger partial charge in [0.05, 0.1) is 8.07 Å². The molecule has 0 spiro atoms. The average Bonchev–Trinajstić information content (AvgIpc) is 2.16. The Morgan fingerprint density at radius 2 is 1.10 bits per heavy atom. The van der Waals surface area contributed by atoms with E-state index in [1.165, 1.54) is 47.3 Å². The second-order valence-electron chi connectivity index (χ2n) is 5.56. The summed E-state index contributed by atoms with van der Waals surface area (Å²) in [5, 5.41) is 0. The molecule has 0 saturated carbocycles. The maximum atomic E-state index is 3.81. The molecule has 0 radical (unpaired) electrons. The Morgan fingerprint density at radius 3 is 1.33 bits per heavy atom. The molecule has 0 unspecified atom stereocenters. The predicted octanol–water partition coefficient (Wildman–Crippen LogP) is 2.39. The minimum atomic E-state index is -1.01. The van der Waals surface area contributed by atoms with Crippen LogP contribution in [0.15, 0.2) is 0 Å². The third-order valence-corrected chi connectivity index (χ3v) is 9.69. The van der Waals surface area contributed by atoms with Gasteiger partial charge >= 0.3 is 0 Å². The molecule has 128 valence electrons. The van der Waals surface area contributed by atoms with E-state index < -0.39 is 8.07 Å². The Morgan fingerprint density at radius 1 is 0.762 bits per heavy atom. The van der Waals surface area contributed by atoms with Gasteiger partial charge in [0.25, 0.3) is 0 Å². The summed E-state index contributed by atoms with van der Waals surface area (Å²) in [6.07, 6.45) is 2.52. The molecule has 0 amide bonds. The summed E-state index contributed by atoms with van der Waals surface area (Å²) in [7, 11) is 15.6. The zero-order chi connectivity index (χ0) is 13.3. The second-order valence-corrected chi connectivity index (χ2v) is 11.7. The van der Waals surface area contributed by atoms with E-state index in [4.69, 9.17) is 0 Å². The van der Waals surface area contributed by atoms with Crippen LogP contribution in [0.1, 0.15) is 12.8 Å². The molecule has 0 saturated heterocycles. The van der Waals surface area contributed by atoms with Gasteiger partial charge in [-0.1, -0.05) is 43.8 Å². The van der Waals surface area contributed by atoms with Crippen molar-refractivity contribution in [2.75, 3.05) is 13.1 Å². The maximum Gasteiger partial charge on any atom is 0.0502 e. The van der Waals surface area contributed by atoms with Gasteiger partial charge in [-0.2, -0.15) is 0 Å². The van der Waals surface area contributed by atoms with Crippen molar-refractivity contribution in [1.29, 1.82) is 0 Å². The van der Waals surface area contributed by atoms with Crippen molar-refractivity contribution < 1.29 is 84.3 Å². The summed E-state index contributed by atoms with van der Waals surface area (Å²) in [5.41, 5.74) is 0. The quantitative estimate of drug-likeness (QED) is 0.246. The van der Waals surface area contributed by atoms with E-state index in [0.29, 0.717) is 0 Å². The number of hydrogen-bond acceptors (Lipinski definition) is 2. The molecule has 0 atom stereocenters. The van der Waals surface area contributed by atoms with Crippen molar-refractivity contribution in [3.8, 4) is 0 Å². The topological polar surface area (TPSA) is 6.48 Å². The maximum absolute atomic E-state index is 3.81. The molecule has 21 heavy (non-hydrogen) atoms. The van der Waals surface area contributed by atoms with Crippen LogP contribution in [0.2, 0.25) is 30.7 Å². The molecule has 0 aliphatic carbocycles. The normalized spacial score (nSPS) is 10.4. The SMILES string of the molecule is [CH2-]N([CH2-])CCC[Si](C)(CC[SiH3])CCCN([CH2-])[CH2-].[W].[W].[W].[W]. The van der Waals surface area contributed by atoms with Gasteiger partial charge in [-0.05, 0) is 12.8 Å². The van der Waals surface area contributed by atoms with E-state index in [2.05, 4.69) is 34.7 Å². The zero-order valence-electron chi connectivity index (χ0n) is 13.5. The smallest absolute Gasteiger partial charge is 0.0502 e. The summed E-state index contributed by atoms with van der Waals surface area (Å²) in [4.78, 5) is 3.62. The minimum absolute atomic E-state index is 0. The number of nitrogens with zero attached hydrogens (tertiary/aromatic N) is 2. The zero-order valence-corrected chi connectivity index (χ0v) is 28.2. The summed E-state index contributed by atoms with van der Waals surface area (Å²) in [5.74, 6) is 0. The first-order valence-corrected chi connectivity index (χ1v) is 11.2. The summed E-state index contributed by atoms with van der Waals surface area (Å²) >= 11 is 0. The van der Waals surface area contributed by atoms with Gasteiger partial charge < -0.3 is 38.0 Å². The molecular weight excluding hydrogens is 976 g/mol. The second kappa shape index (κ2) is 21.2. The molecular formula is C13H30N2Si2W4-4. The Bertz CT molecular complexity index is 185. The van der Waals surface area contributed by atoms with E-state index in [1.807, 2.05) is 9.80 Å². The van der Waals surface area contributed by atoms with Crippen molar-refractivity contribution in [2.24, 2.45) is 0 Å². The van der Waals surface area contributed by atoms with Crippen molar-refractivity contribution in [3.05, 3.63) is 28.2 Å². The molecule has 0 aliphatic rings. The van der Waals surface area contributed by atoms with Crippen molar-refractivity contribution >= 4 is 18.3 Å². The van der Waals surface area contributed by atoms with Crippen LogP contribution in [-0.2, 0) is 84.3 Å². The summed E-state index contributed by atoms with van der Waals surface area (Å²) in [6.45, 7) is 4.62. The van der Waals surface area contributed by atoms with Crippen LogP contribution in [0.3, 0.4) is 0 Å². The molecule has 0 N–H and O–H groups in total. The van der Waals surface area contributed by atoms with Crippen LogP contribution in [0.5, 0.6) is 0 Å². The third kappa shape index (κ3) is 23.1. The Hall–Kier alpha value is 3.11. The van der Waals surface area contributed by atoms with Gasteiger partial charge in [0.1, 0.15) is 0 Å². The van der Waals surface area contributed by atoms with E-state index in [9.17, 15) is 0 Å². The number of rotatable bonds is 10. The largest absolute Gasteiger partial charge is 0.611 e. The van der Waals surface area contributed by atoms with Gasteiger partial charge in [-0.25, -0.2) is 0 Å². The Labute approximate surface area is 195 Å². The molecule has 0 aromatic heterocycles. The molecule has 0 fully saturated rings. The van der Waals surface area contributed by atoms with Crippen LogP contribution in [0, 0.1) is 28.2 Å².